The van der Waals surface area contributed by atoms with Gasteiger partial charge in [0.2, 0.25) is 0 Å². The van der Waals surface area contributed by atoms with Gasteiger partial charge in [-0.25, -0.2) is 4.79 Å². The average molecular weight is 379 g/mol. The normalized spacial score (nSPS) is 17.9. The third kappa shape index (κ3) is 5.37. The number of carbonyl (C=O) groups excluding carboxylic acids is 1. The smallest absolute Gasteiger partial charge is 0.491 e. The molecule has 150 valence electrons. The van der Waals surface area contributed by atoms with E-state index in [1.165, 1.54) is 0 Å². The summed E-state index contributed by atoms with van der Waals surface area (Å²) in [7, 11) is 1.04. The molecule has 0 aliphatic carbocycles. The molecular formula is C19H30BNO6. The van der Waals surface area contributed by atoms with Crippen molar-refractivity contribution in [1.82, 2.24) is 0 Å². The molecule has 1 fully saturated rings. The van der Waals surface area contributed by atoms with E-state index in [2.05, 4.69) is 5.32 Å². The number of hydrogen-bond donors (Lipinski definition) is 1. The third-order valence-electron chi connectivity index (χ3n) is 4.65. The molecule has 0 aromatic heterocycles. The van der Waals surface area contributed by atoms with Crippen LogP contribution in [0.5, 0.6) is 5.75 Å². The summed E-state index contributed by atoms with van der Waals surface area (Å²) in [6, 6.07) is 5.33. The number of amides is 1. The zero-order chi connectivity index (χ0) is 20.2. The Labute approximate surface area is 161 Å². The molecule has 1 saturated heterocycles. The minimum absolute atomic E-state index is 0.202. The van der Waals surface area contributed by atoms with Gasteiger partial charge < -0.3 is 23.5 Å². The monoisotopic (exact) mass is 379 g/mol. The van der Waals surface area contributed by atoms with E-state index < -0.39 is 24.4 Å². The van der Waals surface area contributed by atoms with E-state index in [0.717, 1.165) is 5.46 Å². The molecule has 0 spiro atoms. The van der Waals surface area contributed by atoms with Crippen LogP contribution in [0.4, 0.5) is 10.5 Å². The van der Waals surface area contributed by atoms with Gasteiger partial charge in [0.15, 0.2) is 0 Å². The summed E-state index contributed by atoms with van der Waals surface area (Å²) in [5.74, 6) is 0.563. The van der Waals surface area contributed by atoms with Gasteiger partial charge in [-0.3, -0.25) is 5.32 Å². The molecule has 1 aromatic rings. The molecule has 0 saturated carbocycles. The summed E-state index contributed by atoms with van der Waals surface area (Å²) in [5.41, 5.74) is 0.403. The predicted octanol–water partition coefficient (Wildman–Crippen LogP) is 2.97. The Hall–Kier alpha value is -1.77. The standard InChI is InChI=1S/C19H30BNO6/c1-13(2)25-17(22)21-14-8-9-15(16(12-14)24-11-10-23-7)20-26-18(3,4)19(5,6)27-20/h8-9,12-13H,10-11H2,1-7H3,(H,21,22). The highest BCUT2D eigenvalue weighted by Crippen LogP contribution is 2.37. The fourth-order valence-corrected chi connectivity index (χ4v) is 2.50. The van der Waals surface area contributed by atoms with Crippen molar-refractivity contribution >= 4 is 24.4 Å². The van der Waals surface area contributed by atoms with Gasteiger partial charge in [0.1, 0.15) is 12.4 Å². The van der Waals surface area contributed by atoms with Crippen molar-refractivity contribution < 1.29 is 28.3 Å². The van der Waals surface area contributed by atoms with Crippen LogP contribution < -0.4 is 15.5 Å². The second-order valence-electron chi connectivity index (χ2n) is 7.76. The van der Waals surface area contributed by atoms with Crippen LogP contribution in [0.2, 0.25) is 0 Å². The lowest BCUT2D eigenvalue weighted by atomic mass is 9.78. The molecule has 1 aromatic carbocycles. The minimum Gasteiger partial charge on any atom is -0.491 e. The van der Waals surface area contributed by atoms with Crippen LogP contribution in [0.15, 0.2) is 18.2 Å². The summed E-state index contributed by atoms with van der Waals surface area (Å²) in [4.78, 5) is 11.9. The maximum absolute atomic E-state index is 11.9. The number of nitrogens with one attached hydrogen (secondary N) is 1. The van der Waals surface area contributed by atoms with Gasteiger partial charge in [0, 0.05) is 24.3 Å². The molecule has 8 heteroatoms. The first-order valence-corrected chi connectivity index (χ1v) is 9.14. The highest BCUT2D eigenvalue weighted by Gasteiger charge is 2.52. The lowest BCUT2D eigenvalue weighted by molar-refractivity contribution is 0.00578. The SMILES string of the molecule is COCCOc1cc(NC(=O)OC(C)C)ccc1B1OC(C)(C)C(C)(C)O1. The number of carbonyl (C=O) groups is 1. The van der Waals surface area contributed by atoms with Crippen LogP contribution in [0.1, 0.15) is 41.5 Å². The molecule has 7 nitrogen and oxygen atoms in total. The minimum atomic E-state index is -0.566. The average Bonchev–Trinajstić information content (AvgIpc) is 2.74. The number of anilines is 1. The summed E-state index contributed by atoms with van der Waals surface area (Å²) in [6.07, 6.45) is -0.720. The van der Waals surface area contributed by atoms with Gasteiger partial charge in [0.25, 0.3) is 0 Å². The lowest BCUT2D eigenvalue weighted by Gasteiger charge is -2.32. The number of hydrogen-bond acceptors (Lipinski definition) is 6. The third-order valence-corrected chi connectivity index (χ3v) is 4.65. The zero-order valence-corrected chi connectivity index (χ0v) is 17.3. The van der Waals surface area contributed by atoms with Gasteiger partial charge in [-0.05, 0) is 47.6 Å². The first-order chi connectivity index (χ1) is 12.6. The molecule has 0 bridgehead atoms. The van der Waals surface area contributed by atoms with E-state index in [-0.39, 0.29) is 6.10 Å². The van der Waals surface area contributed by atoms with Crippen molar-refractivity contribution in [3.8, 4) is 5.75 Å². The van der Waals surface area contributed by atoms with E-state index >= 15 is 0 Å². The Morgan fingerprint density at radius 2 is 1.78 bits per heavy atom. The fraction of sp³-hybridized carbons (Fsp3) is 0.632. The van der Waals surface area contributed by atoms with Crippen molar-refractivity contribution in [3.63, 3.8) is 0 Å². The Morgan fingerprint density at radius 3 is 2.33 bits per heavy atom. The molecule has 0 unspecified atom stereocenters. The van der Waals surface area contributed by atoms with Crippen LogP contribution in [0.25, 0.3) is 0 Å². The molecule has 1 N–H and O–H groups in total. The second-order valence-corrected chi connectivity index (χ2v) is 7.76. The van der Waals surface area contributed by atoms with Gasteiger partial charge in [-0.15, -0.1) is 0 Å². The predicted molar refractivity (Wildman–Crippen MR) is 105 cm³/mol. The van der Waals surface area contributed by atoms with Gasteiger partial charge in [0.05, 0.1) is 23.9 Å². The van der Waals surface area contributed by atoms with Crippen LogP contribution in [0, 0.1) is 0 Å². The van der Waals surface area contributed by atoms with E-state index in [4.69, 9.17) is 23.5 Å². The highest BCUT2D eigenvalue weighted by atomic mass is 16.7. The summed E-state index contributed by atoms with van der Waals surface area (Å²) < 4.78 is 28.3. The summed E-state index contributed by atoms with van der Waals surface area (Å²) in [6.45, 7) is 12.4. The molecule has 2 rings (SSSR count). The lowest BCUT2D eigenvalue weighted by Crippen LogP contribution is -2.41. The molecule has 1 amide bonds. The first kappa shape index (κ1) is 21.5. The maximum Gasteiger partial charge on any atom is 0.498 e. The molecule has 27 heavy (non-hydrogen) atoms. The highest BCUT2D eigenvalue weighted by molar-refractivity contribution is 6.63. The maximum atomic E-state index is 11.9. The Kier molecular flexibility index (Phi) is 6.78. The Balaban J connectivity index is 2.24. The van der Waals surface area contributed by atoms with Crippen molar-refractivity contribution in [2.75, 3.05) is 25.6 Å². The van der Waals surface area contributed by atoms with Crippen LogP contribution in [-0.2, 0) is 18.8 Å². The van der Waals surface area contributed by atoms with Crippen molar-refractivity contribution in [1.29, 1.82) is 0 Å². The van der Waals surface area contributed by atoms with E-state index in [1.807, 2.05) is 33.8 Å². The number of benzene rings is 1. The van der Waals surface area contributed by atoms with E-state index in [1.54, 1.807) is 33.1 Å². The van der Waals surface area contributed by atoms with Crippen molar-refractivity contribution in [2.45, 2.75) is 58.8 Å². The molecule has 1 aliphatic heterocycles. The van der Waals surface area contributed by atoms with E-state index in [0.29, 0.717) is 24.7 Å². The van der Waals surface area contributed by atoms with Crippen molar-refractivity contribution in [3.05, 3.63) is 18.2 Å². The van der Waals surface area contributed by atoms with Crippen LogP contribution >= 0.6 is 0 Å². The summed E-state index contributed by atoms with van der Waals surface area (Å²) in [5, 5.41) is 2.70. The Morgan fingerprint density at radius 1 is 1.15 bits per heavy atom. The second kappa shape index (κ2) is 8.50. The fourth-order valence-electron chi connectivity index (χ4n) is 2.50. The number of ether oxygens (including phenoxy) is 3. The van der Waals surface area contributed by atoms with E-state index in [9.17, 15) is 4.79 Å². The molecule has 1 heterocycles. The largest absolute Gasteiger partial charge is 0.498 e. The first-order valence-electron chi connectivity index (χ1n) is 9.14. The number of methoxy groups -OCH3 is 1. The number of rotatable bonds is 7. The Bertz CT molecular complexity index is 646. The summed E-state index contributed by atoms with van der Waals surface area (Å²) >= 11 is 0. The molecule has 0 atom stereocenters. The zero-order valence-electron chi connectivity index (χ0n) is 17.3. The van der Waals surface area contributed by atoms with Gasteiger partial charge in [-0.1, -0.05) is 6.07 Å². The molecule has 1 aliphatic rings. The van der Waals surface area contributed by atoms with Crippen LogP contribution in [-0.4, -0.2) is 50.8 Å². The molecular weight excluding hydrogens is 349 g/mol. The topological polar surface area (TPSA) is 75.3 Å². The van der Waals surface area contributed by atoms with Crippen LogP contribution in [0.3, 0.4) is 0 Å². The molecule has 0 radical (unpaired) electrons. The van der Waals surface area contributed by atoms with Gasteiger partial charge in [-0.2, -0.15) is 0 Å². The van der Waals surface area contributed by atoms with Crippen molar-refractivity contribution in [2.24, 2.45) is 0 Å². The quantitative estimate of drug-likeness (QED) is 0.580. The van der Waals surface area contributed by atoms with Gasteiger partial charge >= 0.3 is 13.2 Å².